The van der Waals surface area contributed by atoms with Crippen LogP contribution >= 0.6 is 11.3 Å². The first kappa shape index (κ1) is 15.5. The predicted octanol–water partition coefficient (Wildman–Crippen LogP) is 2.55. The van der Waals surface area contributed by atoms with Crippen molar-refractivity contribution < 1.29 is 18.3 Å². The van der Waals surface area contributed by atoms with Crippen LogP contribution in [-0.4, -0.2) is 26.0 Å². The molecule has 2 rings (SSSR count). The predicted molar refractivity (Wildman–Crippen MR) is 77.6 cm³/mol. The molecule has 2 N–H and O–H groups in total. The van der Waals surface area contributed by atoms with E-state index in [0.29, 0.717) is 18.4 Å². The van der Waals surface area contributed by atoms with Gasteiger partial charge in [0.15, 0.2) is 0 Å². The molecule has 0 bridgehead atoms. The number of carboxylic acid groups (broad SMARTS) is 1. The molecule has 1 heterocycles. The normalized spacial score (nSPS) is 23.6. The molecule has 2 atom stereocenters. The molecule has 1 aromatic rings. The highest BCUT2D eigenvalue weighted by atomic mass is 32.2. The summed E-state index contributed by atoms with van der Waals surface area (Å²) in [6, 6.07) is 1.21. The summed E-state index contributed by atoms with van der Waals surface area (Å²) in [4.78, 5) is 10.9. The van der Waals surface area contributed by atoms with Gasteiger partial charge < -0.3 is 5.11 Å². The quantitative estimate of drug-likeness (QED) is 0.874. The van der Waals surface area contributed by atoms with Crippen LogP contribution in [0.3, 0.4) is 0 Å². The van der Waals surface area contributed by atoms with Gasteiger partial charge >= 0.3 is 5.97 Å². The maximum absolute atomic E-state index is 12.1. The molecule has 2 unspecified atom stereocenters. The van der Waals surface area contributed by atoms with Crippen molar-refractivity contribution in [1.82, 2.24) is 4.72 Å². The fourth-order valence-corrected chi connectivity index (χ4v) is 4.77. The van der Waals surface area contributed by atoms with Crippen molar-refractivity contribution >= 4 is 27.3 Å². The Balaban J connectivity index is 2.01. The van der Waals surface area contributed by atoms with Gasteiger partial charge in [-0.2, -0.15) is 0 Å². The lowest BCUT2D eigenvalue weighted by atomic mass is 9.81. The van der Waals surface area contributed by atoms with Gasteiger partial charge in [-0.15, -0.1) is 11.3 Å². The van der Waals surface area contributed by atoms with E-state index in [1.54, 1.807) is 0 Å². The third-order valence-electron chi connectivity index (χ3n) is 3.92. The van der Waals surface area contributed by atoms with Gasteiger partial charge in [0.25, 0.3) is 0 Å². The molecule has 1 aromatic heterocycles. The van der Waals surface area contributed by atoms with E-state index in [0.717, 1.165) is 30.6 Å². The van der Waals surface area contributed by atoms with E-state index in [2.05, 4.69) is 11.6 Å². The van der Waals surface area contributed by atoms with E-state index in [9.17, 15) is 13.2 Å². The summed E-state index contributed by atoms with van der Waals surface area (Å²) in [6.07, 6.45) is 4.57. The minimum atomic E-state index is -3.60. The lowest BCUT2D eigenvalue weighted by molar-refractivity contribution is 0.0702. The van der Waals surface area contributed by atoms with Crippen LogP contribution < -0.4 is 4.72 Å². The second-order valence-corrected chi connectivity index (χ2v) is 8.00. The summed E-state index contributed by atoms with van der Waals surface area (Å²) in [7, 11) is -3.60. The van der Waals surface area contributed by atoms with Crippen LogP contribution in [0, 0.1) is 11.8 Å². The lowest BCUT2D eigenvalue weighted by Crippen LogP contribution is -2.33. The fourth-order valence-electron chi connectivity index (χ4n) is 2.57. The van der Waals surface area contributed by atoms with Gasteiger partial charge in [0.1, 0.15) is 4.88 Å². The van der Waals surface area contributed by atoms with E-state index in [-0.39, 0.29) is 9.77 Å². The number of sulfonamides is 1. The number of carbonyl (C=O) groups is 1. The number of carboxylic acids is 1. The molecule has 20 heavy (non-hydrogen) atoms. The van der Waals surface area contributed by atoms with Crippen molar-refractivity contribution in [3.05, 3.63) is 16.3 Å². The lowest BCUT2D eigenvalue weighted by Gasteiger charge is -2.28. The number of thiophene rings is 1. The van der Waals surface area contributed by atoms with Crippen LogP contribution in [0.4, 0.5) is 0 Å². The largest absolute Gasteiger partial charge is 0.477 e. The van der Waals surface area contributed by atoms with Crippen LogP contribution in [0.5, 0.6) is 0 Å². The van der Waals surface area contributed by atoms with Gasteiger partial charge in [-0.3, -0.25) is 0 Å². The van der Waals surface area contributed by atoms with Crippen LogP contribution in [-0.2, 0) is 10.0 Å². The number of hydrogen-bond donors (Lipinski definition) is 2. The average molecular weight is 317 g/mol. The molecule has 0 radical (unpaired) electrons. The zero-order chi connectivity index (χ0) is 14.8. The van der Waals surface area contributed by atoms with E-state index in [1.807, 2.05) is 0 Å². The molecule has 112 valence electrons. The number of rotatable bonds is 5. The molecular formula is C13H19NO4S2. The molecule has 7 heteroatoms. The van der Waals surface area contributed by atoms with Crippen LogP contribution in [0.15, 0.2) is 16.3 Å². The molecule has 0 aromatic carbocycles. The maximum Gasteiger partial charge on any atom is 0.345 e. The van der Waals surface area contributed by atoms with Crippen molar-refractivity contribution in [2.75, 3.05) is 6.54 Å². The summed E-state index contributed by atoms with van der Waals surface area (Å²) >= 11 is 0.928. The van der Waals surface area contributed by atoms with E-state index >= 15 is 0 Å². The summed E-state index contributed by atoms with van der Waals surface area (Å²) in [5.74, 6) is -0.197. The Morgan fingerprint density at radius 3 is 2.75 bits per heavy atom. The second kappa shape index (κ2) is 6.24. The molecule has 0 amide bonds. The Morgan fingerprint density at radius 1 is 1.45 bits per heavy atom. The highest BCUT2D eigenvalue weighted by Gasteiger charge is 2.24. The van der Waals surface area contributed by atoms with Crippen molar-refractivity contribution in [2.45, 2.75) is 37.5 Å². The van der Waals surface area contributed by atoms with Gasteiger partial charge in [-0.1, -0.05) is 26.2 Å². The standard InChI is InChI=1S/C13H19NO4S2/c1-9-4-2-3-5-10(9)7-14-20(17,18)11-6-12(13(15)16)19-8-11/h6,8-10,14H,2-5,7H2,1H3,(H,15,16). The monoisotopic (exact) mass is 317 g/mol. The van der Waals surface area contributed by atoms with Gasteiger partial charge in [-0.05, 0) is 24.3 Å². The van der Waals surface area contributed by atoms with Crippen molar-refractivity contribution in [2.24, 2.45) is 11.8 Å². The van der Waals surface area contributed by atoms with Crippen molar-refractivity contribution in [3.63, 3.8) is 0 Å². The molecule has 0 spiro atoms. The Labute approximate surface area is 123 Å². The third-order valence-corrected chi connectivity index (χ3v) is 6.39. The van der Waals surface area contributed by atoms with E-state index < -0.39 is 16.0 Å². The smallest absolute Gasteiger partial charge is 0.345 e. The summed E-state index contributed by atoms with van der Waals surface area (Å²) in [6.45, 7) is 2.59. The van der Waals surface area contributed by atoms with Crippen LogP contribution in [0.1, 0.15) is 42.3 Å². The Morgan fingerprint density at radius 2 is 2.15 bits per heavy atom. The van der Waals surface area contributed by atoms with Crippen molar-refractivity contribution in [3.8, 4) is 0 Å². The Hall–Kier alpha value is -0.920. The number of nitrogens with one attached hydrogen (secondary N) is 1. The van der Waals surface area contributed by atoms with Gasteiger partial charge in [0.05, 0.1) is 4.90 Å². The van der Waals surface area contributed by atoms with Gasteiger partial charge in [-0.25, -0.2) is 17.9 Å². The topological polar surface area (TPSA) is 83.5 Å². The zero-order valence-electron chi connectivity index (χ0n) is 11.3. The molecule has 1 saturated carbocycles. The van der Waals surface area contributed by atoms with Gasteiger partial charge in [0.2, 0.25) is 10.0 Å². The average Bonchev–Trinajstić information content (AvgIpc) is 2.88. The molecule has 1 aliphatic carbocycles. The zero-order valence-corrected chi connectivity index (χ0v) is 13.0. The van der Waals surface area contributed by atoms with Crippen LogP contribution in [0.25, 0.3) is 0 Å². The highest BCUT2D eigenvalue weighted by Crippen LogP contribution is 2.29. The van der Waals surface area contributed by atoms with E-state index in [1.165, 1.54) is 17.9 Å². The second-order valence-electron chi connectivity index (χ2n) is 5.33. The third kappa shape index (κ3) is 3.59. The number of aromatic carboxylic acids is 1. The minimum Gasteiger partial charge on any atom is -0.477 e. The SMILES string of the molecule is CC1CCCCC1CNS(=O)(=O)c1csc(C(=O)O)c1. The maximum atomic E-state index is 12.1. The Kier molecular flexibility index (Phi) is 4.82. The molecule has 5 nitrogen and oxygen atoms in total. The molecule has 0 saturated heterocycles. The first-order valence-corrected chi connectivity index (χ1v) is 9.08. The molecule has 1 aliphatic rings. The van der Waals surface area contributed by atoms with Gasteiger partial charge in [0, 0.05) is 11.9 Å². The molecule has 1 fully saturated rings. The highest BCUT2D eigenvalue weighted by molar-refractivity contribution is 7.89. The minimum absolute atomic E-state index is 0.0383. The summed E-state index contributed by atoms with van der Waals surface area (Å²) in [5, 5.41) is 10.2. The van der Waals surface area contributed by atoms with Crippen molar-refractivity contribution in [1.29, 1.82) is 0 Å². The first-order valence-electron chi connectivity index (χ1n) is 6.71. The molecule has 0 aliphatic heterocycles. The fraction of sp³-hybridized carbons (Fsp3) is 0.615. The summed E-state index contributed by atoms with van der Waals surface area (Å²) in [5.41, 5.74) is 0. The summed E-state index contributed by atoms with van der Waals surface area (Å²) < 4.78 is 26.9. The Bertz CT molecular complexity index is 579. The molecular weight excluding hydrogens is 298 g/mol. The van der Waals surface area contributed by atoms with E-state index in [4.69, 9.17) is 5.11 Å². The van der Waals surface area contributed by atoms with Crippen LogP contribution in [0.2, 0.25) is 0 Å². The first-order chi connectivity index (χ1) is 9.40. The number of hydrogen-bond acceptors (Lipinski definition) is 4.